The molecule has 1 aromatic carbocycles. The van der Waals surface area contributed by atoms with Gasteiger partial charge in [0.25, 0.3) is 0 Å². The summed E-state index contributed by atoms with van der Waals surface area (Å²) in [6, 6.07) is 2.18. The van der Waals surface area contributed by atoms with E-state index in [0.717, 1.165) is 12.1 Å². The summed E-state index contributed by atoms with van der Waals surface area (Å²) in [7, 11) is -4.94. The van der Waals surface area contributed by atoms with Crippen LogP contribution >= 0.6 is 0 Å². The van der Waals surface area contributed by atoms with Crippen molar-refractivity contribution in [1.29, 1.82) is 0 Å². The summed E-state index contributed by atoms with van der Waals surface area (Å²) in [5, 5.41) is 0. The summed E-state index contributed by atoms with van der Waals surface area (Å²) in [6.07, 6.45) is -1.18. The van der Waals surface area contributed by atoms with Crippen LogP contribution in [0.25, 0.3) is 0 Å². The number of carbonyl (C=O) groups is 1. The fraction of sp³-hybridized carbons (Fsp3) is 0.222. The number of benzene rings is 1. The van der Waals surface area contributed by atoms with Crippen LogP contribution in [0.3, 0.4) is 0 Å². The molecule has 0 radical (unpaired) electrons. The predicted molar refractivity (Wildman–Crippen MR) is 52.0 cm³/mol. The van der Waals surface area contributed by atoms with E-state index in [4.69, 9.17) is 0 Å². The molecule has 0 spiro atoms. The van der Waals surface area contributed by atoms with Crippen molar-refractivity contribution in [1.82, 2.24) is 0 Å². The topological polar surface area (TPSA) is 92.7 Å². The second-order valence-electron chi connectivity index (χ2n) is 2.83. The van der Waals surface area contributed by atoms with Gasteiger partial charge in [0, 0.05) is 0 Å². The summed E-state index contributed by atoms with van der Waals surface area (Å²) < 4.78 is 54.0. The molecular weight excluding hydrogens is 294 g/mol. The van der Waals surface area contributed by atoms with Crippen LogP contribution in [0.4, 0.5) is 9.18 Å². The van der Waals surface area contributed by atoms with Crippen molar-refractivity contribution >= 4 is 16.3 Å². The quantitative estimate of drug-likeness (QED) is 0.285. The molecule has 1 aromatic rings. The number of ether oxygens (including phenoxy) is 2. The zero-order valence-electron chi connectivity index (χ0n) is 9.67. The van der Waals surface area contributed by atoms with Crippen molar-refractivity contribution in [2.75, 3.05) is 6.61 Å². The van der Waals surface area contributed by atoms with E-state index in [1.54, 1.807) is 0 Å². The maximum Gasteiger partial charge on any atom is 1.00 e. The molecule has 0 bridgehead atoms. The van der Waals surface area contributed by atoms with Gasteiger partial charge in [0.2, 0.25) is 0 Å². The summed E-state index contributed by atoms with van der Waals surface area (Å²) in [4.78, 5) is 9.99. The Balaban J connectivity index is 0.00000289. The maximum atomic E-state index is 12.8. The Morgan fingerprint density at radius 3 is 2.56 bits per heavy atom. The molecule has 0 heterocycles. The van der Waals surface area contributed by atoms with Gasteiger partial charge in [0.05, 0.1) is 6.61 Å². The molecular formula is C9H8FKO6S. The molecule has 0 aromatic heterocycles. The van der Waals surface area contributed by atoms with E-state index >= 15 is 0 Å². The fourth-order valence-electron chi connectivity index (χ4n) is 0.999. The first-order valence-electron chi connectivity index (χ1n) is 4.44. The first-order chi connectivity index (χ1) is 7.84. The van der Waals surface area contributed by atoms with Gasteiger partial charge in [-0.1, -0.05) is 0 Å². The van der Waals surface area contributed by atoms with Gasteiger partial charge < -0.3 is 14.0 Å². The van der Waals surface area contributed by atoms with E-state index in [9.17, 15) is 22.2 Å². The Morgan fingerprint density at radius 1 is 1.44 bits per heavy atom. The van der Waals surface area contributed by atoms with Gasteiger partial charge >= 0.3 is 57.5 Å². The SMILES string of the molecule is CCOC(=O)Oc1ccc(F)cc1S(=O)(=O)[O-].[K+]. The van der Waals surface area contributed by atoms with E-state index in [1.807, 2.05) is 0 Å². The number of carbonyl (C=O) groups excluding carboxylic acids is 1. The minimum Gasteiger partial charge on any atom is -0.744 e. The van der Waals surface area contributed by atoms with E-state index < -0.39 is 32.7 Å². The number of hydrogen-bond acceptors (Lipinski definition) is 6. The van der Waals surface area contributed by atoms with Gasteiger partial charge in [-0.25, -0.2) is 17.6 Å². The Kier molecular flexibility index (Phi) is 7.52. The molecule has 0 amide bonds. The number of halogens is 1. The molecule has 0 N–H and O–H groups in total. The second-order valence-corrected chi connectivity index (χ2v) is 4.18. The van der Waals surface area contributed by atoms with Crippen LogP contribution in [0, 0.1) is 5.82 Å². The zero-order chi connectivity index (χ0) is 13.1. The van der Waals surface area contributed by atoms with Crippen molar-refractivity contribution in [3.8, 4) is 5.75 Å². The second kappa shape index (κ2) is 7.53. The fourth-order valence-corrected chi connectivity index (χ4v) is 1.61. The molecule has 0 unspecified atom stereocenters. The average molecular weight is 302 g/mol. The van der Waals surface area contributed by atoms with Crippen LogP contribution in [0.2, 0.25) is 0 Å². The smallest absolute Gasteiger partial charge is 0.744 e. The van der Waals surface area contributed by atoms with E-state index in [1.165, 1.54) is 6.92 Å². The van der Waals surface area contributed by atoms with Crippen LogP contribution in [-0.2, 0) is 14.9 Å². The Hall–Kier alpha value is -0.0336. The van der Waals surface area contributed by atoms with Gasteiger partial charge in [-0.2, -0.15) is 0 Å². The number of hydrogen-bond donors (Lipinski definition) is 0. The van der Waals surface area contributed by atoms with Gasteiger partial charge in [-0.15, -0.1) is 0 Å². The first-order valence-corrected chi connectivity index (χ1v) is 5.85. The third-order valence-electron chi connectivity index (χ3n) is 1.63. The van der Waals surface area contributed by atoms with Gasteiger partial charge in [-0.3, -0.25) is 0 Å². The summed E-state index contributed by atoms with van der Waals surface area (Å²) in [6.45, 7) is 1.52. The van der Waals surface area contributed by atoms with Crippen LogP contribution in [0.15, 0.2) is 23.1 Å². The molecule has 18 heavy (non-hydrogen) atoms. The number of rotatable bonds is 3. The Morgan fingerprint density at radius 2 is 2.06 bits per heavy atom. The van der Waals surface area contributed by atoms with Crippen molar-refractivity contribution in [3.63, 3.8) is 0 Å². The van der Waals surface area contributed by atoms with Crippen molar-refractivity contribution in [3.05, 3.63) is 24.0 Å². The van der Waals surface area contributed by atoms with Crippen LogP contribution < -0.4 is 56.1 Å². The van der Waals surface area contributed by atoms with Crippen molar-refractivity contribution in [2.24, 2.45) is 0 Å². The summed E-state index contributed by atoms with van der Waals surface area (Å²) in [5.41, 5.74) is 0. The Labute approximate surface area is 146 Å². The van der Waals surface area contributed by atoms with Crippen LogP contribution in [0.5, 0.6) is 5.75 Å². The molecule has 0 aliphatic heterocycles. The third kappa shape index (κ3) is 5.30. The molecule has 1 rings (SSSR count). The average Bonchev–Trinajstić information content (AvgIpc) is 2.19. The van der Waals surface area contributed by atoms with Gasteiger partial charge in [0.1, 0.15) is 20.8 Å². The molecule has 0 aliphatic carbocycles. The van der Waals surface area contributed by atoms with Crippen LogP contribution in [0.1, 0.15) is 6.92 Å². The largest absolute Gasteiger partial charge is 1.00 e. The standard InChI is InChI=1S/C9H9FO6S.K/c1-2-15-9(11)16-7-4-3-6(10)5-8(7)17(12,13)14;/h3-5H,2H2,1H3,(H,12,13,14);/q;+1/p-1. The molecule has 6 nitrogen and oxygen atoms in total. The molecule has 0 atom stereocenters. The van der Waals surface area contributed by atoms with Gasteiger partial charge in [0.15, 0.2) is 5.75 Å². The molecule has 0 fully saturated rings. The molecule has 0 aliphatic rings. The minimum atomic E-state index is -4.94. The summed E-state index contributed by atoms with van der Waals surface area (Å²) >= 11 is 0. The predicted octanol–water partition coefficient (Wildman–Crippen LogP) is -1.73. The molecule has 94 valence electrons. The summed E-state index contributed by atoms with van der Waals surface area (Å²) in [5.74, 6) is -1.50. The molecule has 0 saturated heterocycles. The monoisotopic (exact) mass is 302 g/mol. The molecule has 9 heteroatoms. The first kappa shape index (κ1) is 18.0. The minimum absolute atomic E-state index is 0. The van der Waals surface area contributed by atoms with Gasteiger partial charge in [-0.05, 0) is 25.1 Å². The van der Waals surface area contributed by atoms with Crippen molar-refractivity contribution in [2.45, 2.75) is 11.8 Å². The van der Waals surface area contributed by atoms with E-state index in [-0.39, 0.29) is 58.0 Å². The Bertz CT molecular complexity index is 530. The van der Waals surface area contributed by atoms with Crippen LogP contribution in [-0.4, -0.2) is 25.7 Å². The van der Waals surface area contributed by atoms with E-state index in [2.05, 4.69) is 9.47 Å². The third-order valence-corrected chi connectivity index (χ3v) is 2.49. The maximum absolute atomic E-state index is 12.8. The zero-order valence-corrected chi connectivity index (χ0v) is 13.6. The molecule has 0 saturated carbocycles. The van der Waals surface area contributed by atoms with Crippen molar-refractivity contribution < 1.29 is 83.0 Å². The normalized spacial score (nSPS) is 10.4. The van der Waals surface area contributed by atoms with E-state index in [0.29, 0.717) is 6.07 Å².